The van der Waals surface area contributed by atoms with Gasteiger partial charge in [0, 0.05) is 11.1 Å². The second kappa shape index (κ2) is 8.15. The number of rotatable bonds is 6. The standard InChI is InChI=1S/C23H24N2O3/c1-16-8-4-6-10-20(16)23(27,21-11-7-5-9-17(21)2)22(26)25-24-18-12-14-19(28-3)15-13-18/h4-15,24,27H,1-3H3,(H,25,26). The van der Waals surface area contributed by atoms with Crippen molar-refractivity contribution < 1.29 is 14.6 Å². The first kappa shape index (κ1) is 19.5. The van der Waals surface area contributed by atoms with Crippen LogP contribution in [0, 0.1) is 13.8 Å². The molecule has 0 spiro atoms. The van der Waals surface area contributed by atoms with Gasteiger partial charge >= 0.3 is 0 Å². The summed E-state index contributed by atoms with van der Waals surface area (Å²) in [5, 5.41) is 11.7. The number of benzene rings is 3. The van der Waals surface area contributed by atoms with Gasteiger partial charge in [-0.25, -0.2) is 0 Å². The summed E-state index contributed by atoms with van der Waals surface area (Å²) in [6, 6.07) is 21.8. The summed E-state index contributed by atoms with van der Waals surface area (Å²) in [7, 11) is 1.59. The Labute approximate surface area is 165 Å². The van der Waals surface area contributed by atoms with Crippen LogP contribution in [0.15, 0.2) is 72.8 Å². The highest BCUT2D eigenvalue weighted by Gasteiger charge is 2.42. The van der Waals surface area contributed by atoms with Crippen molar-refractivity contribution in [3.8, 4) is 5.75 Å². The largest absolute Gasteiger partial charge is 0.497 e. The average Bonchev–Trinajstić information content (AvgIpc) is 2.72. The van der Waals surface area contributed by atoms with Crippen LogP contribution < -0.4 is 15.6 Å². The molecule has 3 aromatic rings. The van der Waals surface area contributed by atoms with Crippen molar-refractivity contribution in [1.29, 1.82) is 0 Å². The van der Waals surface area contributed by atoms with Crippen LogP contribution in [0.2, 0.25) is 0 Å². The Morgan fingerprint density at radius 1 is 0.857 bits per heavy atom. The number of anilines is 1. The third-order valence-corrected chi connectivity index (χ3v) is 4.81. The van der Waals surface area contributed by atoms with Gasteiger partial charge in [0.25, 0.3) is 5.91 Å². The monoisotopic (exact) mass is 376 g/mol. The molecule has 3 aromatic carbocycles. The number of ether oxygens (including phenoxy) is 1. The molecule has 28 heavy (non-hydrogen) atoms. The van der Waals surface area contributed by atoms with Gasteiger partial charge in [0.2, 0.25) is 0 Å². The molecule has 1 amide bonds. The van der Waals surface area contributed by atoms with Crippen LogP contribution in [-0.4, -0.2) is 18.1 Å². The fourth-order valence-electron chi connectivity index (χ4n) is 3.24. The number of hydrogen-bond acceptors (Lipinski definition) is 4. The molecule has 0 atom stereocenters. The lowest BCUT2D eigenvalue weighted by molar-refractivity contribution is -0.136. The maximum atomic E-state index is 13.2. The van der Waals surface area contributed by atoms with Crippen LogP contribution in [-0.2, 0) is 10.4 Å². The Kier molecular flexibility index (Phi) is 5.66. The Morgan fingerprint density at radius 2 is 1.36 bits per heavy atom. The molecule has 5 heteroatoms. The van der Waals surface area contributed by atoms with Crippen molar-refractivity contribution in [2.75, 3.05) is 12.5 Å². The van der Waals surface area contributed by atoms with Gasteiger partial charge < -0.3 is 9.84 Å². The number of carbonyl (C=O) groups excluding carboxylic acids is 1. The maximum absolute atomic E-state index is 13.2. The van der Waals surface area contributed by atoms with E-state index in [0.29, 0.717) is 22.6 Å². The second-order valence-corrected chi connectivity index (χ2v) is 6.65. The highest BCUT2D eigenvalue weighted by molar-refractivity contribution is 5.91. The first-order valence-electron chi connectivity index (χ1n) is 9.02. The number of methoxy groups -OCH3 is 1. The number of aliphatic hydroxyl groups is 1. The number of aryl methyl sites for hydroxylation is 2. The minimum absolute atomic E-state index is 0.540. The number of carbonyl (C=O) groups is 1. The highest BCUT2D eigenvalue weighted by atomic mass is 16.5. The zero-order chi connectivity index (χ0) is 20.1. The molecule has 0 aliphatic heterocycles. The van der Waals surface area contributed by atoms with Gasteiger partial charge in [-0.15, -0.1) is 0 Å². The Hall–Kier alpha value is -3.31. The Balaban J connectivity index is 1.96. The molecule has 0 aliphatic rings. The molecule has 0 unspecified atom stereocenters. The van der Waals surface area contributed by atoms with E-state index < -0.39 is 11.5 Å². The first-order valence-corrected chi connectivity index (χ1v) is 9.02. The lowest BCUT2D eigenvalue weighted by atomic mass is 9.81. The number of hydrogen-bond donors (Lipinski definition) is 3. The van der Waals surface area contributed by atoms with Gasteiger partial charge in [-0.2, -0.15) is 0 Å². The lowest BCUT2D eigenvalue weighted by Gasteiger charge is -2.30. The van der Waals surface area contributed by atoms with Gasteiger partial charge in [-0.1, -0.05) is 48.5 Å². The van der Waals surface area contributed by atoms with Crippen molar-refractivity contribution in [3.63, 3.8) is 0 Å². The summed E-state index contributed by atoms with van der Waals surface area (Å²) in [5.74, 6) is 0.153. The fraction of sp³-hybridized carbons (Fsp3) is 0.174. The van der Waals surface area contributed by atoms with Crippen LogP contribution in [0.25, 0.3) is 0 Å². The molecule has 0 aliphatic carbocycles. The molecular weight excluding hydrogens is 352 g/mol. The van der Waals surface area contributed by atoms with E-state index in [4.69, 9.17) is 4.74 Å². The minimum Gasteiger partial charge on any atom is -0.497 e. The molecule has 0 aromatic heterocycles. The molecule has 0 saturated carbocycles. The number of hydrazine groups is 1. The van der Waals surface area contributed by atoms with Crippen molar-refractivity contribution in [1.82, 2.24) is 5.43 Å². The smallest absolute Gasteiger partial charge is 0.279 e. The first-order chi connectivity index (χ1) is 13.5. The normalized spacial score (nSPS) is 11.0. The average molecular weight is 376 g/mol. The van der Waals surface area contributed by atoms with Crippen molar-refractivity contribution in [3.05, 3.63) is 95.1 Å². The molecule has 3 rings (SSSR count). The fourth-order valence-corrected chi connectivity index (χ4v) is 3.24. The molecule has 0 fully saturated rings. The molecule has 0 saturated heterocycles. The second-order valence-electron chi connectivity index (χ2n) is 6.65. The Morgan fingerprint density at radius 3 is 1.82 bits per heavy atom. The van der Waals surface area contributed by atoms with E-state index in [-0.39, 0.29) is 0 Å². The van der Waals surface area contributed by atoms with Crippen LogP contribution in [0.3, 0.4) is 0 Å². The zero-order valence-corrected chi connectivity index (χ0v) is 16.2. The molecule has 144 valence electrons. The van der Waals surface area contributed by atoms with Crippen LogP contribution in [0.4, 0.5) is 5.69 Å². The molecule has 0 radical (unpaired) electrons. The van der Waals surface area contributed by atoms with Crippen molar-refractivity contribution in [2.45, 2.75) is 19.4 Å². The Bertz CT molecular complexity index is 922. The summed E-state index contributed by atoms with van der Waals surface area (Å²) < 4.78 is 5.14. The van der Waals surface area contributed by atoms with E-state index in [2.05, 4.69) is 10.9 Å². The van der Waals surface area contributed by atoms with E-state index in [1.807, 2.05) is 50.2 Å². The molecular formula is C23H24N2O3. The predicted octanol–water partition coefficient (Wildman–Crippen LogP) is 3.69. The summed E-state index contributed by atoms with van der Waals surface area (Å²) in [6.45, 7) is 3.76. The van der Waals surface area contributed by atoms with E-state index in [1.54, 1.807) is 43.5 Å². The van der Waals surface area contributed by atoms with Crippen LogP contribution >= 0.6 is 0 Å². The van der Waals surface area contributed by atoms with E-state index >= 15 is 0 Å². The van der Waals surface area contributed by atoms with Crippen LogP contribution in [0.1, 0.15) is 22.3 Å². The van der Waals surface area contributed by atoms with Gasteiger partial charge in [-0.3, -0.25) is 15.6 Å². The SMILES string of the molecule is COc1ccc(NNC(=O)C(O)(c2ccccc2C)c2ccccc2C)cc1. The number of amides is 1. The number of nitrogens with one attached hydrogen (secondary N) is 2. The van der Waals surface area contributed by atoms with Crippen molar-refractivity contribution >= 4 is 11.6 Å². The predicted molar refractivity (Wildman–Crippen MR) is 110 cm³/mol. The van der Waals surface area contributed by atoms with E-state index in [0.717, 1.165) is 11.1 Å². The lowest BCUT2D eigenvalue weighted by Crippen LogP contribution is -2.48. The highest BCUT2D eigenvalue weighted by Crippen LogP contribution is 2.34. The maximum Gasteiger partial charge on any atom is 0.279 e. The third-order valence-electron chi connectivity index (χ3n) is 4.81. The quantitative estimate of drug-likeness (QED) is 0.574. The van der Waals surface area contributed by atoms with Gasteiger partial charge in [0.05, 0.1) is 12.8 Å². The van der Waals surface area contributed by atoms with Crippen molar-refractivity contribution in [2.24, 2.45) is 0 Å². The molecule has 0 heterocycles. The molecule has 3 N–H and O–H groups in total. The topological polar surface area (TPSA) is 70.6 Å². The summed E-state index contributed by atoms with van der Waals surface area (Å²) in [4.78, 5) is 13.2. The van der Waals surface area contributed by atoms with E-state index in [1.165, 1.54) is 0 Å². The third kappa shape index (κ3) is 3.70. The van der Waals surface area contributed by atoms with E-state index in [9.17, 15) is 9.90 Å². The summed E-state index contributed by atoms with van der Waals surface area (Å²) in [6.07, 6.45) is 0. The zero-order valence-electron chi connectivity index (χ0n) is 16.2. The minimum atomic E-state index is -1.84. The molecule has 0 bridgehead atoms. The van der Waals surface area contributed by atoms with Gasteiger partial charge in [0.15, 0.2) is 5.60 Å². The van der Waals surface area contributed by atoms with Gasteiger partial charge in [-0.05, 0) is 49.2 Å². The van der Waals surface area contributed by atoms with Gasteiger partial charge in [0.1, 0.15) is 5.75 Å². The summed E-state index contributed by atoms with van der Waals surface area (Å²) in [5.41, 5.74) is 7.08. The summed E-state index contributed by atoms with van der Waals surface area (Å²) >= 11 is 0. The van der Waals surface area contributed by atoms with Crippen LogP contribution in [0.5, 0.6) is 5.75 Å². The molecule has 5 nitrogen and oxygen atoms in total.